The van der Waals surface area contributed by atoms with E-state index in [1.807, 2.05) is 0 Å². The molecule has 1 N–H and O–H groups in total. The number of nitrogens with zero attached hydrogens (tertiary/aromatic N) is 1. The first kappa shape index (κ1) is 15.3. The fourth-order valence-electron chi connectivity index (χ4n) is 1.49. The quantitative estimate of drug-likeness (QED) is 0.424. The molecule has 0 radical (unpaired) electrons. The van der Waals surface area contributed by atoms with Gasteiger partial charge in [-0.25, -0.2) is 0 Å². The molecule has 1 aromatic carbocycles. The predicted octanol–water partition coefficient (Wildman–Crippen LogP) is 2.20. The summed E-state index contributed by atoms with van der Waals surface area (Å²) in [5, 5.41) is 13.6. The predicted molar refractivity (Wildman–Crippen MR) is 68.9 cm³/mol. The Morgan fingerprint density at radius 3 is 2.84 bits per heavy atom. The van der Waals surface area contributed by atoms with E-state index in [1.165, 1.54) is 12.1 Å². The Balaban J connectivity index is 2.37. The molecule has 1 rings (SSSR count). The van der Waals surface area contributed by atoms with Gasteiger partial charge in [0.2, 0.25) is 5.82 Å². The minimum absolute atomic E-state index is 0.182. The second kappa shape index (κ2) is 8.39. The Hall–Kier alpha value is -1.73. The fourth-order valence-corrected chi connectivity index (χ4v) is 1.49. The normalized spacial score (nSPS) is 10.4. The Morgan fingerprint density at radius 2 is 2.16 bits per heavy atom. The number of nitro benzene ring substituents is 1. The first-order valence-electron chi connectivity index (χ1n) is 5.90. The van der Waals surface area contributed by atoms with Gasteiger partial charge >= 0.3 is 5.69 Å². The van der Waals surface area contributed by atoms with Crippen LogP contribution in [0.1, 0.15) is 6.42 Å². The number of para-hydroxylation sites is 1. The average Bonchev–Trinajstić information content (AvgIpc) is 2.37. The van der Waals surface area contributed by atoms with Crippen LogP contribution in [0.2, 0.25) is 0 Å². The number of rotatable bonds is 9. The highest BCUT2D eigenvalue weighted by molar-refractivity contribution is 5.61. The number of ether oxygens (including phenoxy) is 2. The molecular weight excluding hydrogens is 255 g/mol. The highest BCUT2D eigenvalue weighted by Gasteiger charge is 2.18. The summed E-state index contributed by atoms with van der Waals surface area (Å²) >= 11 is 0. The molecule has 0 saturated heterocycles. The number of hydrogen-bond acceptors (Lipinski definition) is 5. The van der Waals surface area contributed by atoms with Gasteiger partial charge in [-0.3, -0.25) is 10.1 Å². The number of benzene rings is 1. The maximum Gasteiger partial charge on any atom is 0.327 e. The molecule has 0 atom stereocenters. The molecule has 6 nitrogen and oxygen atoms in total. The van der Waals surface area contributed by atoms with Crippen LogP contribution in [0.15, 0.2) is 18.2 Å². The summed E-state index contributed by atoms with van der Waals surface area (Å²) in [6.45, 7) is 2.02. The standard InChI is InChI=1S/C12H17FN2O4/c1-18-8-9-19-7-3-6-14-11-5-2-4-10(13)12(11)15(16)17/h2,4-5,14H,3,6-9H2,1H3. The van der Waals surface area contributed by atoms with E-state index < -0.39 is 16.4 Å². The molecule has 106 valence electrons. The highest BCUT2D eigenvalue weighted by Crippen LogP contribution is 2.26. The van der Waals surface area contributed by atoms with Gasteiger partial charge in [-0.05, 0) is 18.6 Å². The zero-order chi connectivity index (χ0) is 14.1. The second-order valence-electron chi connectivity index (χ2n) is 3.78. The maximum absolute atomic E-state index is 13.3. The van der Waals surface area contributed by atoms with Crippen molar-refractivity contribution in [3.63, 3.8) is 0 Å². The van der Waals surface area contributed by atoms with Crippen LogP contribution in [-0.4, -0.2) is 38.4 Å². The van der Waals surface area contributed by atoms with Gasteiger partial charge in [0.1, 0.15) is 5.69 Å². The third-order valence-electron chi connectivity index (χ3n) is 2.38. The zero-order valence-electron chi connectivity index (χ0n) is 10.7. The summed E-state index contributed by atoms with van der Waals surface area (Å²) in [4.78, 5) is 10.0. The Bertz CT molecular complexity index is 415. The van der Waals surface area contributed by atoms with E-state index in [2.05, 4.69) is 5.32 Å². The number of nitrogens with one attached hydrogen (secondary N) is 1. The van der Waals surface area contributed by atoms with Crippen molar-refractivity contribution in [1.82, 2.24) is 0 Å². The van der Waals surface area contributed by atoms with E-state index in [9.17, 15) is 14.5 Å². The number of nitro groups is 1. The van der Waals surface area contributed by atoms with Crippen LogP contribution >= 0.6 is 0 Å². The smallest absolute Gasteiger partial charge is 0.327 e. The minimum atomic E-state index is -0.841. The van der Waals surface area contributed by atoms with E-state index in [0.29, 0.717) is 32.8 Å². The van der Waals surface area contributed by atoms with Gasteiger partial charge in [0.15, 0.2) is 0 Å². The highest BCUT2D eigenvalue weighted by atomic mass is 19.1. The van der Waals surface area contributed by atoms with Gasteiger partial charge in [-0.15, -0.1) is 0 Å². The summed E-state index contributed by atoms with van der Waals surface area (Å²) in [6, 6.07) is 3.98. The molecule has 0 aliphatic carbocycles. The molecule has 0 aliphatic heterocycles. The van der Waals surface area contributed by atoms with Gasteiger partial charge in [-0.2, -0.15) is 4.39 Å². The lowest BCUT2D eigenvalue weighted by Gasteiger charge is -2.07. The topological polar surface area (TPSA) is 73.6 Å². The molecule has 7 heteroatoms. The van der Waals surface area contributed by atoms with E-state index in [-0.39, 0.29) is 5.69 Å². The van der Waals surface area contributed by atoms with Crippen molar-refractivity contribution in [2.24, 2.45) is 0 Å². The minimum Gasteiger partial charge on any atom is -0.382 e. The van der Waals surface area contributed by atoms with E-state index in [1.54, 1.807) is 7.11 Å². The molecule has 0 fully saturated rings. The molecule has 0 unspecified atom stereocenters. The van der Waals surface area contributed by atoms with Crippen LogP contribution in [-0.2, 0) is 9.47 Å². The molecule has 0 bridgehead atoms. The zero-order valence-corrected chi connectivity index (χ0v) is 10.7. The number of halogens is 1. The largest absolute Gasteiger partial charge is 0.382 e. The Morgan fingerprint density at radius 1 is 1.37 bits per heavy atom. The lowest BCUT2D eigenvalue weighted by Crippen LogP contribution is -2.09. The van der Waals surface area contributed by atoms with Crippen LogP contribution < -0.4 is 5.32 Å². The first-order valence-corrected chi connectivity index (χ1v) is 5.90. The van der Waals surface area contributed by atoms with Gasteiger partial charge < -0.3 is 14.8 Å². The van der Waals surface area contributed by atoms with Gasteiger partial charge in [0, 0.05) is 20.3 Å². The van der Waals surface area contributed by atoms with Crippen molar-refractivity contribution in [1.29, 1.82) is 0 Å². The van der Waals surface area contributed by atoms with Crippen LogP contribution in [0, 0.1) is 15.9 Å². The van der Waals surface area contributed by atoms with Crippen LogP contribution in [0.25, 0.3) is 0 Å². The number of hydrogen-bond donors (Lipinski definition) is 1. The van der Waals surface area contributed by atoms with Gasteiger partial charge in [0.05, 0.1) is 18.1 Å². The summed E-state index contributed by atoms with van der Waals surface area (Å²) in [6.07, 6.45) is 0.664. The lowest BCUT2D eigenvalue weighted by molar-refractivity contribution is -0.386. The van der Waals surface area contributed by atoms with E-state index >= 15 is 0 Å². The average molecular weight is 272 g/mol. The molecule has 0 amide bonds. The number of methoxy groups -OCH3 is 1. The van der Waals surface area contributed by atoms with Crippen molar-refractivity contribution in [3.05, 3.63) is 34.1 Å². The van der Waals surface area contributed by atoms with Crippen molar-refractivity contribution >= 4 is 11.4 Å². The first-order chi connectivity index (χ1) is 9.16. The molecule has 1 aromatic rings. The third-order valence-corrected chi connectivity index (χ3v) is 2.38. The van der Waals surface area contributed by atoms with E-state index in [4.69, 9.17) is 9.47 Å². The van der Waals surface area contributed by atoms with Crippen molar-refractivity contribution in [3.8, 4) is 0 Å². The third kappa shape index (κ3) is 5.19. The lowest BCUT2D eigenvalue weighted by atomic mass is 10.2. The summed E-state index contributed by atoms with van der Waals surface area (Å²) < 4.78 is 23.4. The van der Waals surface area contributed by atoms with E-state index in [0.717, 1.165) is 6.07 Å². The maximum atomic E-state index is 13.3. The molecule has 0 heterocycles. The van der Waals surface area contributed by atoms with Crippen LogP contribution in [0.5, 0.6) is 0 Å². The SMILES string of the molecule is COCCOCCCNc1cccc(F)c1[N+](=O)[O-]. The van der Waals surface area contributed by atoms with Gasteiger partial charge in [-0.1, -0.05) is 6.07 Å². The molecule has 0 spiro atoms. The van der Waals surface area contributed by atoms with Gasteiger partial charge in [0.25, 0.3) is 0 Å². The fraction of sp³-hybridized carbons (Fsp3) is 0.500. The Labute approximate surface area is 110 Å². The molecule has 0 aromatic heterocycles. The van der Waals surface area contributed by atoms with Crippen molar-refractivity contribution < 1.29 is 18.8 Å². The van der Waals surface area contributed by atoms with Crippen molar-refractivity contribution in [2.45, 2.75) is 6.42 Å². The Kier molecular flexibility index (Phi) is 6.76. The molecule has 0 aliphatic rings. The van der Waals surface area contributed by atoms with Crippen LogP contribution in [0.3, 0.4) is 0 Å². The monoisotopic (exact) mass is 272 g/mol. The number of anilines is 1. The molecule has 0 saturated carbocycles. The summed E-state index contributed by atoms with van der Waals surface area (Å²) in [7, 11) is 1.59. The summed E-state index contributed by atoms with van der Waals surface area (Å²) in [5.41, 5.74) is -0.343. The molecular formula is C12H17FN2O4. The van der Waals surface area contributed by atoms with Crippen molar-refractivity contribution in [2.75, 3.05) is 38.8 Å². The second-order valence-corrected chi connectivity index (χ2v) is 3.78. The molecule has 19 heavy (non-hydrogen) atoms. The summed E-state index contributed by atoms with van der Waals surface area (Å²) in [5.74, 6) is -0.841. The van der Waals surface area contributed by atoms with Crippen LogP contribution in [0.4, 0.5) is 15.8 Å².